The summed E-state index contributed by atoms with van der Waals surface area (Å²) in [6.45, 7) is 1.31. The van der Waals surface area contributed by atoms with Crippen LogP contribution in [0.3, 0.4) is 0 Å². The number of aromatic nitrogens is 2. The van der Waals surface area contributed by atoms with Gasteiger partial charge in [0.1, 0.15) is 18.6 Å². The minimum atomic E-state index is 0.222. The molecule has 1 aromatic heterocycles. The molecule has 0 saturated carbocycles. The zero-order valence-electron chi connectivity index (χ0n) is 8.20. The number of rotatable bonds is 4. The standard InChI is InChI=1S/C8H13ClN4O/c1-13(2)3-4-14-8-6(10)7(9)11-5-12-8/h5H,3-4,10H2,1-2H3. The molecule has 0 spiro atoms. The zero-order chi connectivity index (χ0) is 10.6. The van der Waals surface area contributed by atoms with Gasteiger partial charge in [0.05, 0.1) is 0 Å². The van der Waals surface area contributed by atoms with Crippen molar-refractivity contribution in [1.82, 2.24) is 14.9 Å². The number of likely N-dealkylation sites (N-methyl/N-ethyl adjacent to an activating group) is 1. The molecule has 6 heteroatoms. The topological polar surface area (TPSA) is 64.3 Å². The summed E-state index contributed by atoms with van der Waals surface area (Å²) in [5, 5.41) is 0.222. The van der Waals surface area contributed by atoms with Crippen LogP contribution in [0.1, 0.15) is 0 Å². The van der Waals surface area contributed by atoms with Crippen LogP contribution in [0.5, 0.6) is 5.88 Å². The number of hydrogen-bond acceptors (Lipinski definition) is 5. The predicted octanol–water partition coefficient (Wildman–Crippen LogP) is 0.653. The number of anilines is 1. The molecule has 0 radical (unpaired) electrons. The highest BCUT2D eigenvalue weighted by Crippen LogP contribution is 2.23. The SMILES string of the molecule is CN(C)CCOc1ncnc(Cl)c1N. The van der Waals surface area contributed by atoms with E-state index in [4.69, 9.17) is 22.1 Å². The van der Waals surface area contributed by atoms with E-state index < -0.39 is 0 Å². The van der Waals surface area contributed by atoms with Gasteiger partial charge in [-0.25, -0.2) is 4.98 Å². The van der Waals surface area contributed by atoms with Gasteiger partial charge in [0.2, 0.25) is 5.88 Å². The molecule has 0 aliphatic rings. The molecule has 0 saturated heterocycles. The Kier molecular flexibility index (Phi) is 3.91. The summed E-state index contributed by atoms with van der Waals surface area (Å²) in [6.07, 6.45) is 1.32. The molecule has 14 heavy (non-hydrogen) atoms. The summed E-state index contributed by atoms with van der Waals surface area (Å²) < 4.78 is 5.33. The monoisotopic (exact) mass is 216 g/mol. The Balaban J connectivity index is 2.54. The lowest BCUT2D eigenvalue weighted by Crippen LogP contribution is -2.20. The van der Waals surface area contributed by atoms with Crippen molar-refractivity contribution in [1.29, 1.82) is 0 Å². The number of nitrogens with zero attached hydrogens (tertiary/aromatic N) is 3. The summed E-state index contributed by atoms with van der Waals surface area (Å²) in [6, 6.07) is 0. The molecule has 2 N–H and O–H groups in total. The van der Waals surface area contributed by atoms with Crippen molar-refractivity contribution < 1.29 is 4.74 Å². The van der Waals surface area contributed by atoms with Crippen LogP contribution in [0.25, 0.3) is 0 Å². The van der Waals surface area contributed by atoms with Crippen molar-refractivity contribution >= 4 is 17.3 Å². The first kappa shape index (κ1) is 11.0. The molecule has 0 atom stereocenters. The Morgan fingerprint density at radius 2 is 2.21 bits per heavy atom. The second-order valence-corrected chi connectivity index (χ2v) is 3.39. The van der Waals surface area contributed by atoms with E-state index in [1.54, 1.807) is 0 Å². The number of hydrogen-bond donors (Lipinski definition) is 1. The van der Waals surface area contributed by atoms with Gasteiger partial charge >= 0.3 is 0 Å². The summed E-state index contributed by atoms with van der Waals surface area (Å²) in [7, 11) is 3.92. The predicted molar refractivity (Wildman–Crippen MR) is 55.5 cm³/mol. The van der Waals surface area contributed by atoms with Crippen LogP contribution in [0.2, 0.25) is 5.15 Å². The summed E-state index contributed by atoms with van der Waals surface area (Å²) in [5.41, 5.74) is 5.89. The van der Waals surface area contributed by atoms with E-state index in [9.17, 15) is 0 Å². The Morgan fingerprint density at radius 3 is 2.86 bits per heavy atom. The Labute approximate surface area is 87.8 Å². The van der Waals surface area contributed by atoms with Gasteiger partial charge < -0.3 is 15.4 Å². The maximum atomic E-state index is 5.69. The largest absolute Gasteiger partial charge is 0.475 e. The second kappa shape index (κ2) is 4.97. The minimum Gasteiger partial charge on any atom is -0.475 e. The maximum Gasteiger partial charge on any atom is 0.241 e. The third kappa shape index (κ3) is 3.01. The van der Waals surface area contributed by atoms with E-state index in [1.165, 1.54) is 6.33 Å². The first-order chi connectivity index (χ1) is 6.61. The third-order valence-corrected chi connectivity index (χ3v) is 1.88. The van der Waals surface area contributed by atoms with Crippen LogP contribution in [-0.2, 0) is 0 Å². The quantitative estimate of drug-likeness (QED) is 0.749. The molecule has 1 rings (SSSR count). The van der Waals surface area contributed by atoms with Crippen molar-refractivity contribution in [2.24, 2.45) is 0 Å². The van der Waals surface area contributed by atoms with E-state index in [-0.39, 0.29) is 10.8 Å². The van der Waals surface area contributed by atoms with E-state index in [0.717, 1.165) is 6.54 Å². The van der Waals surface area contributed by atoms with Crippen LogP contribution in [-0.4, -0.2) is 42.1 Å². The fourth-order valence-electron chi connectivity index (χ4n) is 0.799. The van der Waals surface area contributed by atoms with E-state index in [2.05, 4.69) is 9.97 Å². The van der Waals surface area contributed by atoms with Crippen molar-refractivity contribution in [3.05, 3.63) is 11.5 Å². The lowest BCUT2D eigenvalue weighted by molar-refractivity contribution is 0.255. The molecular weight excluding hydrogens is 204 g/mol. The molecule has 0 fully saturated rings. The van der Waals surface area contributed by atoms with Gasteiger partial charge in [-0.3, -0.25) is 0 Å². The van der Waals surface area contributed by atoms with Crippen LogP contribution in [0.15, 0.2) is 6.33 Å². The Bertz CT molecular complexity index is 305. The molecule has 5 nitrogen and oxygen atoms in total. The maximum absolute atomic E-state index is 5.69. The molecule has 0 aliphatic heterocycles. The number of ether oxygens (including phenoxy) is 1. The Hall–Kier alpha value is -1.07. The van der Waals surface area contributed by atoms with E-state index in [1.807, 2.05) is 19.0 Å². The van der Waals surface area contributed by atoms with Gasteiger partial charge in [-0.15, -0.1) is 0 Å². The van der Waals surface area contributed by atoms with Gasteiger partial charge in [0.25, 0.3) is 0 Å². The lowest BCUT2D eigenvalue weighted by atomic mass is 10.5. The van der Waals surface area contributed by atoms with Gasteiger partial charge in [-0.05, 0) is 14.1 Å². The highest BCUT2D eigenvalue weighted by atomic mass is 35.5. The highest BCUT2D eigenvalue weighted by molar-refractivity contribution is 6.32. The smallest absolute Gasteiger partial charge is 0.241 e. The van der Waals surface area contributed by atoms with Gasteiger partial charge in [0, 0.05) is 6.54 Å². The van der Waals surface area contributed by atoms with Crippen LogP contribution < -0.4 is 10.5 Å². The minimum absolute atomic E-state index is 0.222. The molecule has 0 unspecified atom stereocenters. The van der Waals surface area contributed by atoms with Crippen LogP contribution >= 0.6 is 11.6 Å². The molecule has 78 valence electrons. The molecular formula is C8H13ClN4O. The second-order valence-electron chi connectivity index (χ2n) is 3.04. The summed E-state index contributed by atoms with van der Waals surface area (Å²) in [4.78, 5) is 9.60. The lowest BCUT2D eigenvalue weighted by Gasteiger charge is -2.11. The van der Waals surface area contributed by atoms with Gasteiger partial charge in [-0.2, -0.15) is 4.98 Å². The van der Waals surface area contributed by atoms with E-state index >= 15 is 0 Å². The van der Waals surface area contributed by atoms with E-state index in [0.29, 0.717) is 12.5 Å². The average Bonchev–Trinajstić information content (AvgIpc) is 2.12. The molecule has 0 amide bonds. The third-order valence-electron chi connectivity index (χ3n) is 1.58. The average molecular weight is 217 g/mol. The van der Waals surface area contributed by atoms with Crippen LogP contribution in [0.4, 0.5) is 5.69 Å². The van der Waals surface area contributed by atoms with Crippen molar-refractivity contribution in [3.63, 3.8) is 0 Å². The molecule has 0 aliphatic carbocycles. The Morgan fingerprint density at radius 1 is 1.50 bits per heavy atom. The molecule has 0 bridgehead atoms. The fourth-order valence-corrected chi connectivity index (χ4v) is 0.924. The van der Waals surface area contributed by atoms with Crippen molar-refractivity contribution in [2.75, 3.05) is 33.0 Å². The molecule has 0 aromatic carbocycles. The number of nitrogens with two attached hydrogens (primary N) is 1. The summed E-state index contributed by atoms with van der Waals surface area (Å²) in [5.74, 6) is 0.340. The first-order valence-corrected chi connectivity index (χ1v) is 4.52. The normalized spacial score (nSPS) is 10.6. The number of nitrogen functional groups attached to an aromatic ring is 1. The molecule has 1 heterocycles. The van der Waals surface area contributed by atoms with Crippen molar-refractivity contribution in [3.8, 4) is 5.88 Å². The van der Waals surface area contributed by atoms with Gasteiger partial charge in [-0.1, -0.05) is 11.6 Å². The van der Waals surface area contributed by atoms with Gasteiger partial charge in [0.15, 0.2) is 5.15 Å². The van der Waals surface area contributed by atoms with Crippen molar-refractivity contribution in [2.45, 2.75) is 0 Å². The number of halogens is 1. The fraction of sp³-hybridized carbons (Fsp3) is 0.500. The molecule has 1 aromatic rings. The first-order valence-electron chi connectivity index (χ1n) is 4.14. The zero-order valence-corrected chi connectivity index (χ0v) is 8.95. The van der Waals surface area contributed by atoms with Crippen LogP contribution in [0, 0.1) is 0 Å². The summed E-state index contributed by atoms with van der Waals surface area (Å²) >= 11 is 5.69. The highest BCUT2D eigenvalue weighted by Gasteiger charge is 2.06.